The van der Waals surface area contributed by atoms with Crippen LogP contribution in [0.4, 0.5) is 0 Å². The number of rotatable bonds is 7. The monoisotopic (exact) mass is 240 g/mol. The first kappa shape index (κ1) is 15.0. The molecule has 1 saturated carbocycles. The van der Waals surface area contributed by atoms with Crippen LogP contribution in [0.2, 0.25) is 0 Å². The van der Waals surface area contributed by atoms with E-state index in [1.54, 1.807) is 0 Å². The van der Waals surface area contributed by atoms with E-state index in [2.05, 4.69) is 13.8 Å². The molecule has 1 nitrogen and oxygen atoms in total. The van der Waals surface area contributed by atoms with Gasteiger partial charge in [0.05, 0.1) is 5.60 Å². The molecular weight excluding hydrogens is 208 g/mol. The van der Waals surface area contributed by atoms with Crippen LogP contribution in [-0.4, -0.2) is 10.7 Å². The van der Waals surface area contributed by atoms with Crippen molar-refractivity contribution in [2.24, 2.45) is 11.8 Å². The summed E-state index contributed by atoms with van der Waals surface area (Å²) in [6, 6.07) is 0. The Morgan fingerprint density at radius 2 is 1.76 bits per heavy atom. The highest BCUT2D eigenvalue weighted by Gasteiger charge is 2.22. The first-order valence-corrected chi connectivity index (χ1v) is 7.72. The molecule has 0 aromatic rings. The summed E-state index contributed by atoms with van der Waals surface area (Å²) in [5.41, 5.74) is -0.410. The summed E-state index contributed by atoms with van der Waals surface area (Å²) in [6.45, 7) is 6.56. The van der Waals surface area contributed by atoms with E-state index in [4.69, 9.17) is 0 Å². The maximum Gasteiger partial charge on any atom is 0.0619 e. The van der Waals surface area contributed by atoms with E-state index in [-0.39, 0.29) is 0 Å². The van der Waals surface area contributed by atoms with Gasteiger partial charge in [0.2, 0.25) is 0 Å². The van der Waals surface area contributed by atoms with E-state index in [1.807, 2.05) is 6.92 Å². The van der Waals surface area contributed by atoms with Crippen molar-refractivity contribution in [2.45, 2.75) is 90.6 Å². The minimum atomic E-state index is -0.410. The van der Waals surface area contributed by atoms with Crippen molar-refractivity contribution in [1.82, 2.24) is 0 Å². The molecule has 0 saturated heterocycles. The van der Waals surface area contributed by atoms with Crippen molar-refractivity contribution in [2.75, 3.05) is 0 Å². The van der Waals surface area contributed by atoms with Crippen LogP contribution in [0.1, 0.15) is 85.0 Å². The SMILES string of the molecule is CC(C)CCCC(C)(O)CCC1CCCCC1. The predicted octanol–water partition coefficient (Wildman–Crippen LogP) is 4.92. The Labute approximate surface area is 108 Å². The molecule has 1 rings (SSSR count). The van der Waals surface area contributed by atoms with Crippen LogP contribution in [0.5, 0.6) is 0 Å². The zero-order chi connectivity index (χ0) is 12.7. The zero-order valence-corrected chi connectivity index (χ0v) is 12.2. The topological polar surface area (TPSA) is 20.2 Å². The lowest BCUT2D eigenvalue weighted by Gasteiger charge is -2.28. The summed E-state index contributed by atoms with van der Waals surface area (Å²) in [7, 11) is 0. The van der Waals surface area contributed by atoms with Gasteiger partial charge < -0.3 is 5.11 Å². The molecule has 1 heteroatoms. The maximum absolute atomic E-state index is 10.4. The van der Waals surface area contributed by atoms with E-state index in [0.29, 0.717) is 0 Å². The highest BCUT2D eigenvalue weighted by molar-refractivity contribution is 4.76. The Morgan fingerprint density at radius 1 is 1.12 bits per heavy atom. The highest BCUT2D eigenvalue weighted by atomic mass is 16.3. The summed E-state index contributed by atoms with van der Waals surface area (Å²) in [6.07, 6.45) is 12.7. The number of aliphatic hydroxyl groups is 1. The Balaban J connectivity index is 2.14. The fourth-order valence-corrected chi connectivity index (χ4v) is 3.01. The van der Waals surface area contributed by atoms with Crippen LogP contribution in [0.25, 0.3) is 0 Å². The molecule has 1 unspecified atom stereocenters. The average Bonchev–Trinajstić information content (AvgIpc) is 2.27. The van der Waals surface area contributed by atoms with E-state index in [9.17, 15) is 5.11 Å². The van der Waals surface area contributed by atoms with E-state index in [1.165, 1.54) is 51.4 Å². The smallest absolute Gasteiger partial charge is 0.0619 e. The van der Waals surface area contributed by atoms with E-state index < -0.39 is 5.60 Å². The molecule has 0 aromatic heterocycles. The van der Waals surface area contributed by atoms with Gasteiger partial charge in [0.25, 0.3) is 0 Å². The molecule has 1 atom stereocenters. The molecule has 1 aliphatic carbocycles. The summed E-state index contributed by atoms with van der Waals surface area (Å²) in [5.74, 6) is 1.67. The Kier molecular flexibility index (Phi) is 6.54. The van der Waals surface area contributed by atoms with Crippen molar-refractivity contribution in [1.29, 1.82) is 0 Å². The summed E-state index contributed by atoms with van der Waals surface area (Å²) in [5, 5.41) is 10.4. The average molecular weight is 240 g/mol. The molecular formula is C16H32O. The van der Waals surface area contributed by atoms with Gasteiger partial charge in [0.1, 0.15) is 0 Å². The Bertz CT molecular complexity index is 190. The van der Waals surface area contributed by atoms with Gasteiger partial charge in [0, 0.05) is 0 Å². The standard InChI is InChI=1S/C16H32O/c1-14(2)8-7-12-16(3,17)13-11-15-9-5-4-6-10-15/h14-15,17H,4-13H2,1-3H3. The molecule has 0 amide bonds. The summed E-state index contributed by atoms with van der Waals surface area (Å²) in [4.78, 5) is 0. The van der Waals surface area contributed by atoms with Gasteiger partial charge in [-0.2, -0.15) is 0 Å². The molecule has 0 aromatic carbocycles. The van der Waals surface area contributed by atoms with Gasteiger partial charge in [-0.05, 0) is 38.0 Å². The van der Waals surface area contributed by atoms with Gasteiger partial charge in [-0.15, -0.1) is 0 Å². The second-order valence-electron chi connectivity index (χ2n) is 6.83. The van der Waals surface area contributed by atoms with Crippen molar-refractivity contribution in [3.8, 4) is 0 Å². The third-order valence-corrected chi connectivity index (χ3v) is 4.31. The van der Waals surface area contributed by atoms with Gasteiger partial charge >= 0.3 is 0 Å². The lowest BCUT2D eigenvalue weighted by molar-refractivity contribution is 0.0305. The van der Waals surface area contributed by atoms with Crippen LogP contribution in [-0.2, 0) is 0 Å². The number of hydrogen-bond acceptors (Lipinski definition) is 1. The minimum Gasteiger partial charge on any atom is -0.390 e. The Hall–Kier alpha value is -0.0400. The lowest BCUT2D eigenvalue weighted by atomic mass is 9.82. The van der Waals surface area contributed by atoms with Crippen LogP contribution >= 0.6 is 0 Å². The van der Waals surface area contributed by atoms with E-state index in [0.717, 1.165) is 24.7 Å². The lowest BCUT2D eigenvalue weighted by Crippen LogP contribution is -2.25. The molecule has 1 aliphatic rings. The van der Waals surface area contributed by atoms with Crippen LogP contribution in [0.3, 0.4) is 0 Å². The first-order valence-electron chi connectivity index (χ1n) is 7.72. The third kappa shape index (κ3) is 7.08. The predicted molar refractivity (Wildman–Crippen MR) is 75.1 cm³/mol. The fourth-order valence-electron chi connectivity index (χ4n) is 3.01. The summed E-state index contributed by atoms with van der Waals surface area (Å²) < 4.78 is 0. The molecule has 0 aliphatic heterocycles. The molecule has 102 valence electrons. The largest absolute Gasteiger partial charge is 0.390 e. The molecule has 0 spiro atoms. The van der Waals surface area contributed by atoms with Crippen LogP contribution < -0.4 is 0 Å². The third-order valence-electron chi connectivity index (χ3n) is 4.31. The van der Waals surface area contributed by atoms with Gasteiger partial charge in [-0.25, -0.2) is 0 Å². The molecule has 1 fully saturated rings. The normalized spacial score (nSPS) is 21.7. The van der Waals surface area contributed by atoms with Crippen molar-refractivity contribution in [3.05, 3.63) is 0 Å². The van der Waals surface area contributed by atoms with Gasteiger partial charge in [-0.1, -0.05) is 58.8 Å². The van der Waals surface area contributed by atoms with Crippen LogP contribution in [0, 0.1) is 11.8 Å². The summed E-state index contributed by atoms with van der Waals surface area (Å²) >= 11 is 0. The Morgan fingerprint density at radius 3 is 2.35 bits per heavy atom. The van der Waals surface area contributed by atoms with E-state index >= 15 is 0 Å². The molecule has 1 N–H and O–H groups in total. The molecule has 0 bridgehead atoms. The molecule has 0 heterocycles. The highest BCUT2D eigenvalue weighted by Crippen LogP contribution is 2.31. The maximum atomic E-state index is 10.4. The second-order valence-corrected chi connectivity index (χ2v) is 6.83. The number of hydrogen-bond donors (Lipinski definition) is 1. The second kappa shape index (κ2) is 7.41. The van der Waals surface area contributed by atoms with Crippen LogP contribution in [0.15, 0.2) is 0 Å². The first-order chi connectivity index (χ1) is 7.99. The zero-order valence-electron chi connectivity index (χ0n) is 12.2. The minimum absolute atomic E-state index is 0.410. The van der Waals surface area contributed by atoms with Crippen molar-refractivity contribution in [3.63, 3.8) is 0 Å². The van der Waals surface area contributed by atoms with Crippen molar-refractivity contribution < 1.29 is 5.11 Å². The fraction of sp³-hybridized carbons (Fsp3) is 1.00. The molecule has 17 heavy (non-hydrogen) atoms. The van der Waals surface area contributed by atoms with Gasteiger partial charge in [0.15, 0.2) is 0 Å². The van der Waals surface area contributed by atoms with Crippen molar-refractivity contribution >= 4 is 0 Å². The quantitative estimate of drug-likeness (QED) is 0.669. The molecule has 0 radical (unpaired) electrons. The van der Waals surface area contributed by atoms with Gasteiger partial charge in [-0.3, -0.25) is 0 Å².